The second-order valence-electron chi connectivity index (χ2n) is 5.36. The van der Waals surface area contributed by atoms with E-state index in [4.69, 9.17) is 4.74 Å². The lowest BCUT2D eigenvalue weighted by Gasteiger charge is -2.10. The minimum absolute atomic E-state index is 0.0147. The van der Waals surface area contributed by atoms with E-state index >= 15 is 0 Å². The summed E-state index contributed by atoms with van der Waals surface area (Å²) >= 11 is 0. The predicted octanol–water partition coefficient (Wildman–Crippen LogP) is 1.91. The van der Waals surface area contributed by atoms with E-state index in [1.807, 2.05) is 13.8 Å². The van der Waals surface area contributed by atoms with Gasteiger partial charge in [-0.25, -0.2) is 5.43 Å². The summed E-state index contributed by atoms with van der Waals surface area (Å²) in [7, 11) is 1.45. The van der Waals surface area contributed by atoms with Crippen molar-refractivity contribution >= 4 is 12.1 Å². The third-order valence-electron chi connectivity index (χ3n) is 3.36. The number of nitrogens with zero attached hydrogens (tertiary/aromatic N) is 2. The first-order valence-corrected chi connectivity index (χ1v) is 7.35. The molecule has 0 saturated heterocycles. The molecule has 0 radical (unpaired) electrons. The summed E-state index contributed by atoms with van der Waals surface area (Å²) < 4.78 is 6.42. The third kappa shape index (κ3) is 3.81. The molecular weight excluding hydrogens is 310 g/mol. The second kappa shape index (κ2) is 7.45. The van der Waals surface area contributed by atoms with Crippen molar-refractivity contribution in [1.29, 1.82) is 0 Å². The van der Waals surface area contributed by atoms with Crippen molar-refractivity contribution in [3.63, 3.8) is 0 Å². The molecule has 24 heavy (non-hydrogen) atoms. The highest BCUT2D eigenvalue weighted by molar-refractivity contribution is 5.94. The summed E-state index contributed by atoms with van der Waals surface area (Å²) in [4.78, 5) is 24.3. The quantitative estimate of drug-likeness (QED) is 0.647. The average molecular weight is 329 g/mol. The normalized spacial score (nSPS) is 11.0. The number of phenolic OH excluding ortho intramolecular Hbond substituents is 1. The molecule has 7 heteroatoms. The molecule has 0 atom stereocenters. The van der Waals surface area contributed by atoms with Crippen molar-refractivity contribution in [2.45, 2.75) is 19.9 Å². The first kappa shape index (κ1) is 17.3. The number of nitrogens with one attached hydrogen (secondary N) is 1. The molecule has 0 aliphatic carbocycles. The van der Waals surface area contributed by atoms with Crippen molar-refractivity contribution in [3.05, 3.63) is 58.0 Å². The second-order valence-corrected chi connectivity index (χ2v) is 5.36. The van der Waals surface area contributed by atoms with Crippen molar-refractivity contribution in [2.24, 2.45) is 5.10 Å². The monoisotopic (exact) mass is 329 g/mol. The molecule has 0 bridgehead atoms. The minimum Gasteiger partial charge on any atom is -0.504 e. The van der Waals surface area contributed by atoms with Crippen LogP contribution in [-0.2, 0) is 0 Å². The molecule has 0 fully saturated rings. The number of ether oxygens (including phenoxy) is 1. The highest BCUT2D eigenvalue weighted by Gasteiger charge is 2.12. The smallest absolute Gasteiger partial charge is 0.276 e. The van der Waals surface area contributed by atoms with Crippen molar-refractivity contribution in [3.8, 4) is 11.5 Å². The van der Waals surface area contributed by atoms with Crippen molar-refractivity contribution in [2.75, 3.05) is 7.11 Å². The largest absolute Gasteiger partial charge is 0.504 e. The number of benzene rings is 1. The summed E-state index contributed by atoms with van der Waals surface area (Å²) in [6.07, 6.45) is 2.99. The van der Waals surface area contributed by atoms with E-state index in [1.165, 1.54) is 30.0 Å². The van der Waals surface area contributed by atoms with Gasteiger partial charge in [0.25, 0.3) is 11.5 Å². The van der Waals surface area contributed by atoms with E-state index in [0.717, 1.165) is 0 Å². The average Bonchev–Trinajstić information content (AvgIpc) is 2.54. The van der Waals surface area contributed by atoms with Gasteiger partial charge < -0.3 is 14.4 Å². The first-order chi connectivity index (χ1) is 11.4. The lowest BCUT2D eigenvalue weighted by molar-refractivity contribution is 0.0953. The summed E-state index contributed by atoms with van der Waals surface area (Å²) in [5, 5.41) is 13.5. The summed E-state index contributed by atoms with van der Waals surface area (Å²) in [5.74, 6) is -0.283. The molecule has 2 rings (SSSR count). The van der Waals surface area contributed by atoms with Crippen LogP contribution in [0.15, 0.2) is 46.4 Å². The van der Waals surface area contributed by atoms with E-state index in [-0.39, 0.29) is 22.9 Å². The van der Waals surface area contributed by atoms with Gasteiger partial charge in [0.2, 0.25) is 0 Å². The Hall–Kier alpha value is -3.09. The lowest BCUT2D eigenvalue weighted by atomic mass is 10.2. The standard InChI is InChI=1S/C17H19N3O4/c1-11(2)20-8-4-5-13(17(20)23)16(22)19-18-10-12-6-7-15(24-3)14(21)9-12/h4-11,21H,1-3H3,(H,19,22)/b18-10-. The number of hydrogen-bond acceptors (Lipinski definition) is 5. The van der Waals surface area contributed by atoms with Crippen LogP contribution in [0.25, 0.3) is 0 Å². The number of pyridine rings is 1. The summed E-state index contributed by atoms with van der Waals surface area (Å²) in [6, 6.07) is 7.74. The number of hydrogen-bond donors (Lipinski definition) is 2. The molecule has 7 nitrogen and oxygen atoms in total. The zero-order valence-electron chi connectivity index (χ0n) is 13.7. The van der Waals surface area contributed by atoms with Gasteiger partial charge in [-0.15, -0.1) is 0 Å². The molecule has 1 amide bonds. The topological polar surface area (TPSA) is 92.9 Å². The Morgan fingerprint density at radius 1 is 1.38 bits per heavy atom. The number of hydrazone groups is 1. The van der Waals surface area contributed by atoms with E-state index in [0.29, 0.717) is 11.3 Å². The van der Waals surface area contributed by atoms with Crippen LogP contribution in [0.5, 0.6) is 11.5 Å². The molecule has 1 heterocycles. The lowest BCUT2D eigenvalue weighted by Crippen LogP contribution is -2.31. The maximum atomic E-state index is 12.2. The van der Waals surface area contributed by atoms with Crippen LogP contribution in [0.3, 0.4) is 0 Å². The first-order valence-electron chi connectivity index (χ1n) is 7.35. The number of rotatable bonds is 5. The van der Waals surface area contributed by atoms with Gasteiger partial charge in [0.05, 0.1) is 13.3 Å². The zero-order chi connectivity index (χ0) is 17.7. The molecule has 2 N–H and O–H groups in total. The maximum Gasteiger partial charge on any atom is 0.276 e. The van der Waals surface area contributed by atoms with Crippen molar-refractivity contribution < 1.29 is 14.6 Å². The van der Waals surface area contributed by atoms with E-state index < -0.39 is 5.91 Å². The molecule has 126 valence electrons. The molecule has 0 unspecified atom stereocenters. The number of aromatic hydroxyl groups is 1. The van der Waals surface area contributed by atoms with Crippen LogP contribution in [0, 0.1) is 0 Å². The minimum atomic E-state index is -0.594. The SMILES string of the molecule is COc1ccc(/C=N\NC(=O)c2cccn(C(C)C)c2=O)cc1O. The highest BCUT2D eigenvalue weighted by Crippen LogP contribution is 2.25. The van der Waals surface area contributed by atoms with Gasteiger partial charge in [-0.1, -0.05) is 0 Å². The fourth-order valence-electron chi connectivity index (χ4n) is 2.10. The predicted molar refractivity (Wildman–Crippen MR) is 90.8 cm³/mol. The molecule has 0 aliphatic heterocycles. The molecule has 0 saturated carbocycles. The fraction of sp³-hybridized carbons (Fsp3) is 0.235. The van der Waals surface area contributed by atoms with E-state index in [1.54, 1.807) is 24.4 Å². The number of amides is 1. The summed E-state index contributed by atoms with van der Waals surface area (Å²) in [6.45, 7) is 3.72. The Kier molecular flexibility index (Phi) is 5.36. The Morgan fingerprint density at radius 3 is 2.75 bits per heavy atom. The van der Waals surface area contributed by atoms with Crippen LogP contribution >= 0.6 is 0 Å². The number of carbonyl (C=O) groups is 1. The zero-order valence-corrected chi connectivity index (χ0v) is 13.7. The Morgan fingerprint density at radius 2 is 2.12 bits per heavy atom. The Balaban J connectivity index is 2.12. The van der Waals surface area contributed by atoms with Gasteiger partial charge in [0.1, 0.15) is 5.56 Å². The fourth-order valence-corrected chi connectivity index (χ4v) is 2.10. The molecule has 1 aromatic heterocycles. The van der Waals surface area contributed by atoms with Gasteiger partial charge >= 0.3 is 0 Å². The number of carbonyl (C=O) groups excluding carboxylic acids is 1. The molecule has 0 spiro atoms. The molecule has 1 aromatic carbocycles. The van der Waals surface area contributed by atoms with E-state index in [9.17, 15) is 14.7 Å². The number of aromatic nitrogens is 1. The third-order valence-corrected chi connectivity index (χ3v) is 3.36. The van der Waals surface area contributed by atoms with Gasteiger partial charge in [-0.2, -0.15) is 5.10 Å². The molecule has 0 aliphatic rings. The Bertz CT molecular complexity index is 825. The van der Waals surface area contributed by atoms with Crippen LogP contribution in [0.1, 0.15) is 35.8 Å². The van der Waals surface area contributed by atoms with Gasteiger partial charge in [-0.3, -0.25) is 9.59 Å². The maximum absolute atomic E-state index is 12.2. The Labute approximate surface area is 139 Å². The van der Waals surface area contributed by atoms with Crippen LogP contribution < -0.4 is 15.7 Å². The van der Waals surface area contributed by atoms with Crippen LogP contribution in [0.2, 0.25) is 0 Å². The van der Waals surface area contributed by atoms with Gasteiger partial charge in [-0.05, 0) is 49.7 Å². The number of phenols is 1. The highest BCUT2D eigenvalue weighted by atomic mass is 16.5. The van der Waals surface area contributed by atoms with Crippen LogP contribution in [0.4, 0.5) is 0 Å². The van der Waals surface area contributed by atoms with Gasteiger partial charge in [0.15, 0.2) is 11.5 Å². The summed E-state index contributed by atoms with van der Waals surface area (Å²) in [5.41, 5.74) is 2.52. The van der Waals surface area contributed by atoms with Gasteiger partial charge in [0, 0.05) is 12.2 Å². The molecule has 2 aromatic rings. The molecular formula is C17H19N3O4. The number of methoxy groups -OCH3 is 1. The van der Waals surface area contributed by atoms with Crippen LogP contribution in [-0.4, -0.2) is 28.9 Å². The van der Waals surface area contributed by atoms with Crippen molar-refractivity contribution in [1.82, 2.24) is 9.99 Å². The van der Waals surface area contributed by atoms with E-state index in [2.05, 4.69) is 10.5 Å².